The van der Waals surface area contributed by atoms with Crippen LogP contribution in [0.5, 0.6) is 0 Å². The predicted octanol–water partition coefficient (Wildman–Crippen LogP) is 1.52. The van der Waals surface area contributed by atoms with Crippen molar-refractivity contribution >= 4 is 5.91 Å². The van der Waals surface area contributed by atoms with Gasteiger partial charge in [0.25, 0.3) is 5.91 Å². The lowest BCUT2D eigenvalue weighted by Crippen LogP contribution is -2.50. The third-order valence-electron chi connectivity index (χ3n) is 4.63. The number of nitrogens with zero attached hydrogens (tertiary/aromatic N) is 3. The van der Waals surface area contributed by atoms with E-state index >= 15 is 0 Å². The minimum Gasteiger partial charge on any atom is -0.385 e. The molecule has 1 amide bonds. The lowest BCUT2D eigenvalue weighted by molar-refractivity contribution is -0.0451. The maximum absolute atomic E-state index is 12.5. The van der Waals surface area contributed by atoms with E-state index in [1.807, 2.05) is 4.90 Å². The maximum atomic E-state index is 12.5. The molecule has 0 aromatic carbocycles. The van der Waals surface area contributed by atoms with E-state index in [4.69, 9.17) is 9.47 Å². The molecule has 2 fully saturated rings. The Hall–Kier alpha value is -1.53. The topological polar surface area (TPSA) is 64.6 Å². The molecule has 0 N–H and O–H groups in total. The van der Waals surface area contributed by atoms with Crippen molar-refractivity contribution in [2.75, 3.05) is 33.4 Å². The third kappa shape index (κ3) is 3.28. The van der Waals surface area contributed by atoms with E-state index in [0.717, 1.165) is 45.4 Å². The quantitative estimate of drug-likeness (QED) is 0.844. The van der Waals surface area contributed by atoms with Gasteiger partial charge in [-0.3, -0.25) is 9.78 Å². The van der Waals surface area contributed by atoms with E-state index in [2.05, 4.69) is 9.97 Å². The Morgan fingerprint density at radius 1 is 1.55 bits per heavy atom. The minimum atomic E-state index is -0.172. The molecule has 1 aromatic rings. The Labute approximate surface area is 130 Å². The average molecular weight is 305 g/mol. The van der Waals surface area contributed by atoms with Gasteiger partial charge in [0.05, 0.1) is 24.9 Å². The lowest BCUT2D eigenvalue weighted by atomic mass is 9.85. The summed E-state index contributed by atoms with van der Waals surface area (Å²) in [5.74, 6) is 0.489. The van der Waals surface area contributed by atoms with Gasteiger partial charge in [-0.15, -0.1) is 0 Å². The van der Waals surface area contributed by atoms with Crippen LogP contribution >= 0.6 is 0 Å². The fraction of sp³-hybridized carbons (Fsp3) is 0.688. The van der Waals surface area contributed by atoms with E-state index in [-0.39, 0.29) is 11.5 Å². The molecule has 6 nitrogen and oxygen atoms in total. The second-order valence-corrected chi connectivity index (χ2v) is 6.27. The van der Waals surface area contributed by atoms with E-state index in [9.17, 15) is 4.79 Å². The molecule has 120 valence electrons. The highest BCUT2D eigenvalue weighted by atomic mass is 16.5. The fourth-order valence-corrected chi connectivity index (χ4v) is 3.54. The molecule has 0 aliphatic carbocycles. The molecule has 22 heavy (non-hydrogen) atoms. The van der Waals surface area contributed by atoms with E-state index < -0.39 is 0 Å². The first-order valence-corrected chi connectivity index (χ1v) is 7.91. The van der Waals surface area contributed by atoms with Gasteiger partial charge in [0.2, 0.25) is 0 Å². The smallest absolute Gasteiger partial charge is 0.274 e. The molecule has 1 aromatic heterocycles. The van der Waals surface area contributed by atoms with Crippen molar-refractivity contribution in [1.82, 2.24) is 14.9 Å². The number of ether oxygens (including phenoxy) is 2. The zero-order chi connectivity index (χ0) is 15.4. The Kier molecular flexibility index (Phi) is 4.69. The summed E-state index contributed by atoms with van der Waals surface area (Å²) in [4.78, 5) is 22.5. The standard InChI is InChI=1S/C16H23N3O3/c1-21-8-3-13-9-16(22-11-13)4-2-7-19(12-16)15(20)14-10-17-5-6-18-14/h5-6,10,13H,2-4,7-9,11-12H2,1H3/t13-,16-/m0/s1. The molecular weight excluding hydrogens is 282 g/mol. The molecule has 0 unspecified atom stereocenters. The van der Waals surface area contributed by atoms with E-state index in [1.165, 1.54) is 6.20 Å². The van der Waals surface area contributed by atoms with Gasteiger partial charge < -0.3 is 14.4 Å². The van der Waals surface area contributed by atoms with Gasteiger partial charge in [0.1, 0.15) is 5.69 Å². The minimum absolute atomic E-state index is 0.0453. The maximum Gasteiger partial charge on any atom is 0.274 e. The molecule has 0 saturated carbocycles. The molecule has 3 rings (SSSR count). The number of piperidine rings is 1. The van der Waals surface area contributed by atoms with Gasteiger partial charge in [-0.05, 0) is 31.6 Å². The number of carbonyl (C=O) groups is 1. The largest absolute Gasteiger partial charge is 0.385 e. The normalized spacial score (nSPS) is 28.2. The highest BCUT2D eigenvalue weighted by molar-refractivity contribution is 5.92. The highest BCUT2D eigenvalue weighted by Crippen LogP contribution is 2.38. The number of methoxy groups -OCH3 is 1. The number of likely N-dealkylation sites (tertiary alicyclic amines) is 1. The summed E-state index contributed by atoms with van der Waals surface area (Å²) in [6.45, 7) is 2.97. The Bertz CT molecular complexity index is 511. The molecule has 6 heteroatoms. The van der Waals surface area contributed by atoms with Crippen molar-refractivity contribution < 1.29 is 14.3 Å². The number of amides is 1. The summed E-state index contributed by atoms with van der Waals surface area (Å²) in [6, 6.07) is 0. The molecular formula is C16H23N3O3. The Morgan fingerprint density at radius 3 is 3.23 bits per heavy atom. The fourth-order valence-electron chi connectivity index (χ4n) is 3.54. The predicted molar refractivity (Wildman–Crippen MR) is 80.5 cm³/mol. The number of rotatable bonds is 4. The zero-order valence-corrected chi connectivity index (χ0v) is 13.0. The molecule has 2 atom stereocenters. The zero-order valence-electron chi connectivity index (χ0n) is 13.0. The molecule has 1 spiro atoms. The Morgan fingerprint density at radius 2 is 2.45 bits per heavy atom. The number of carbonyl (C=O) groups excluding carboxylic acids is 1. The van der Waals surface area contributed by atoms with Crippen molar-refractivity contribution in [1.29, 1.82) is 0 Å². The lowest BCUT2D eigenvalue weighted by Gasteiger charge is -2.39. The highest BCUT2D eigenvalue weighted by Gasteiger charge is 2.44. The number of aromatic nitrogens is 2. The van der Waals surface area contributed by atoms with Gasteiger partial charge in [-0.1, -0.05) is 0 Å². The van der Waals surface area contributed by atoms with Crippen LogP contribution in [0.2, 0.25) is 0 Å². The van der Waals surface area contributed by atoms with Crippen LogP contribution in [0.3, 0.4) is 0 Å². The molecule has 2 aliphatic heterocycles. The molecule has 2 saturated heterocycles. The van der Waals surface area contributed by atoms with E-state index in [1.54, 1.807) is 19.5 Å². The van der Waals surface area contributed by atoms with Gasteiger partial charge in [0, 0.05) is 32.7 Å². The van der Waals surface area contributed by atoms with Crippen molar-refractivity contribution in [2.24, 2.45) is 5.92 Å². The molecule has 0 bridgehead atoms. The van der Waals surface area contributed by atoms with Gasteiger partial charge >= 0.3 is 0 Å². The second-order valence-electron chi connectivity index (χ2n) is 6.27. The molecule has 3 heterocycles. The van der Waals surface area contributed by atoms with Crippen LogP contribution < -0.4 is 0 Å². The molecule has 0 radical (unpaired) electrons. The summed E-state index contributed by atoms with van der Waals surface area (Å²) in [5, 5.41) is 0. The van der Waals surface area contributed by atoms with Crippen molar-refractivity contribution in [3.63, 3.8) is 0 Å². The van der Waals surface area contributed by atoms with Crippen LogP contribution in [0.25, 0.3) is 0 Å². The first-order chi connectivity index (χ1) is 10.7. The summed E-state index contributed by atoms with van der Waals surface area (Å²) < 4.78 is 11.3. The summed E-state index contributed by atoms with van der Waals surface area (Å²) >= 11 is 0. The number of hydrogen-bond acceptors (Lipinski definition) is 5. The van der Waals surface area contributed by atoms with Crippen molar-refractivity contribution in [3.05, 3.63) is 24.3 Å². The van der Waals surface area contributed by atoms with Crippen molar-refractivity contribution in [3.8, 4) is 0 Å². The number of hydrogen-bond donors (Lipinski definition) is 0. The average Bonchev–Trinajstić information content (AvgIpc) is 2.95. The third-order valence-corrected chi connectivity index (χ3v) is 4.63. The van der Waals surface area contributed by atoms with Crippen LogP contribution in [0.1, 0.15) is 36.2 Å². The summed E-state index contributed by atoms with van der Waals surface area (Å²) in [7, 11) is 1.73. The van der Waals surface area contributed by atoms with Gasteiger partial charge in [-0.25, -0.2) is 4.98 Å². The molecule has 2 aliphatic rings. The van der Waals surface area contributed by atoms with Gasteiger partial charge in [0.15, 0.2) is 0 Å². The van der Waals surface area contributed by atoms with Crippen LogP contribution in [0, 0.1) is 5.92 Å². The first-order valence-electron chi connectivity index (χ1n) is 7.91. The Balaban J connectivity index is 1.64. The first kappa shape index (κ1) is 15.4. The van der Waals surface area contributed by atoms with E-state index in [0.29, 0.717) is 18.2 Å². The monoisotopic (exact) mass is 305 g/mol. The van der Waals surface area contributed by atoms with Crippen LogP contribution in [-0.4, -0.2) is 59.8 Å². The second kappa shape index (κ2) is 6.71. The summed E-state index contributed by atoms with van der Waals surface area (Å²) in [5.41, 5.74) is 0.239. The SMILES string of the molecule is COCC[C@@H]1CO[C@@]2(CCCN(C(=O)c3cnccn3)C2)C1. The van der Waals surface area contributed by atoms with Crippen LogP contribution in [0.15, 0.2) is 18.6 Å². The van der Waals surface area contributed by atoms with Gasteiger partial charge in [-0.2, -0.15) is 0 Å². The van der Waals surface area contributed by atoms with Crippen LogP contribution in [0.4, 0.5) is 0 Å². The van der Waals surface area contributed by atoms with Crippen LogP contribution in [-0.2, 0) is 9.47 Å². The summed E-state index contributed by atoms with van der Waals surface area (Å²) in [6.07, 6.45) is 8.70. The van der Waals surface area contributed by atoms with Crippen molar-refractivity contribution in [2.45, 2.75) is 31.3 Å².